The summed E-state index contributed by atoms with van der Waals surface area (Å²) in [5.74, 6) is -1.14. The van der Waals surface area contributed by atoms with Gasteiger partial charge in [-0.2, -0.15) is 4.98 Å². The number of benzene rings is 4. The molecule has 5 rings (SSSR count). The quantitative estimate of drug-likeness (QED) is 0.212. The Morgan fingerprint density at radius 2 is 1.50 bits per heavy atom. The van der Waals surface area contributed by atoms with Gasteiger partial charge in [0.25, 0.3) is 11.8 Å². The largest absolute Gasteiger partial charge is 0.480 e. The molecule has 7 nitrogen and oxygen atoms in total. The first-order valence-electron chi connectivity index (χ1n) is 13.5. The van der Waals surface area contributed by atoms with E-state index in [0.717, 1.165) is 27.8 Å². The van der Waals surface area contributed by atoms with Gasteiger partial charge < -0.3 is 14.9 Å². The lowest BCUT2D eigenvalue weighted by Gasteiger charge is -2.19. The van der Waals surface area contributed by atoms with Crippen molar-refractivity contribution in [3.63, 3.8) is 0 Å². The van der Waals surface area contributed by atoms with Crippen LogP contribution in [-0.2, 0) is 16.6 Å². The van der Waals surface area contributed by atoms with E-state index in [-0.39, 0.29) is 17.7 Å². The molecule has 0 saturated heterocycles. The first kappa shape index (κ1) is 28.4. The van der Waals surface area contributed by atoms with E-state index in [1.807, 2.05) is 42.5 Å². The van der Waals surface area contributed by atoms with Crippen LogP contribution < -0.4 is 5.32 Å². The van der Waals surface area contributed by atoms with E-state index in [0.29, 0.717) is 22.8 Å². The number of carboxylic acids is 1. The maximum atomic E-state index is 13.6. The van der Waals surface area contributed by atoms with Gasteiger partial charge in [-0.05, 0) is 64.1 Å². The van der Waals surface area contributed by atoms with Crippen LogP contribution in [0, 0.1) is 5.82 Å². The monoisotopic (exact) mass is 563 g/mol. The topological polar surface area (TPSA) is 105 Å². The number of carbonyl (C=O) groups excluding carboxylic acids is 1. The number of amides is 1. The van der Waals surface area contributed by atoms with Gasteiger partial charge in [-0.3, -0.25) is 4.79 Å². The molecule has 1 atom stereocenters. The minimum atomic E-state index is -1.12. The molecule has 42 heavy (non-hydrogen) atoms. The number of hydrogen-bond acceptors (Lipinski definition) is 5. The van der Waals surface area contributed by atoms with Crippen molar-refractivity contribution < 1.29 is 23.6 Å². The molecule has 1 heterocycles. The average Bonchev–Trinajstić information content (AvgIpc) is 3.47. The second-order valence-corrected chi connectivity index (χ2v) is 11.1. The number of carboxylic acid groups (broad SMARTS) is 1. The highest BCUT2D eigenvalue weighted by molar-refractivity contribution is 5.96. The van der Waals surface area contributed by atoms with Crippen LogP contribution in [0.4, 0.5) is 4.39 Å². The zero-order valence-electron chi connectivity index (χ0n) is 23.5. The predicted octanol–water partition coefficient (Wildman–Crippen LogP) is 6.93. The number of nitrogens with zero attached hydrogens (tertiary/aromatic N) is 2. The van der Waals surface area contributed by atoms with Crippen molar-refractivity contribution in [2.24, 2.45) is 0 Å². The third kappa shape index (κ3) is 6.61. The van der Waals surface area contributed by atoms with Crippen molar-refractivity contribution in [3.8, 4) is 34.0 Å². The molecule has 0 unspecified atom stereocenters. The summed E-state index contributed by atoms with van der Waals surface area (Å²) in [6, 6.07) is 27.0. The summed E-state index contributed by atoms with van der Waals surface area (Å²) in [6.45, 7) is 6.25. The number of aliphatic carboxylic acids is 1. The van der Waals surface area contributed by atoms with Gasteiger partial charge in [-0.15, -0.1) is 0 Å². The van der Waals surface area contributed by atoms with Crippen molar-refractivity contribution in [2.75, 3.05) is 0 Å². The Morgan fingerprint density at radius 1 is 0.857 bits per heavy atom. The molecule has 0 aliphatic carbocycles. The number of carbonyl (C=O) groups is 2. The van der Waals surface area contributed by atoms with Gasteiger partial charge in [-0.25, -0.2) is 9.18 Å². The number of halogens is 1. The highest BCUT2D eigenvalue weighted by Crippen LogP contribution is 2.27. The number of rotatable bonds is 8. The van der Waals surface area contributed by atoms with Crippen molar-refractivity contribution in [1.82, 2.24) is 15.5 Å². The molecule has 0 radical (unpaired) electrons. The van der Waals surface area contributed by atoms with Crippen LogP contribution in [0.1, 0.15) is 42.3 Å². The average molecular weight is 564 g/mol. The minimum absolute atomic E-state index is 0.0508. The van der Waals surface area contributed by atoms with Crippen LogP contribution in [0.2, 0.25) is 0 Å². The molecular weight excluding hydrogens is 533 g/mol. The standard InChI is InChI=1S/C34H30FN3O4/c1-34(2,3)27-17-15-24(16-18-27)31(39)36-29(33(40)41)19-21-7-9-23(10-8-21)30-37-32(42-38-30)25-13-11-22(12-14-25)26-5-4-6-28(35)20-26/h4-18,20,29H,19H2,1-3H3,(H,36,39)(H,40,41)/t29-/m0/s1. The summed E-state index contributed by atoms with van der Waals surface area (Å²) < 4.78 is 19.0. The second-order valence-electron chi connectivity index (χ2n) is 11.1. The van der Waals surface area contributed by atoms with E-state index in [1.165, 1.54) is 12.1 Å². The molecule has 4 aromatic carbocycles. The fourth-order valence-corrected chi connectivity index (χ4v) is 4.52. The van der Waals surface area contributed by atoms with Crippen molar-refractivity contribution in [3.05, 3.63) is 120 Å². The van der Waals surface area contributed by atoms with Crippen LogP contribution in [0.5, 0.6) is 0 Å². The molecule has 5 aromatic rings. The van der Waals surface area contributed by atoms with Crippen molar-refractivity contribution in [1.29, 1.82) is 0 Å². The second kappa shape index (κ2) is 11.8. The highest BCUT2D eigenvalue weighted by atomic mass is 19.1. The predicted molar refractivity (Wildman–Crippen MR) is 158 cm³/mol. The maximum Gasteiger partial charge on any atom is 0.326 e. The summed E-state index contributed by atoms with van der Waals surface area (Å²) in [4.78, 5) is 29.2. The number of hydrogen-bond donors (Lipinski definition) is 2. The Kier molecular flexibility index (Phi) is 7.97. The van der Waals surface area contributed by atoms with Gasteiger partial charge in [-0.1, -0.05) is 86.6 Å². The van der Waals surface area contributed by atoms with Crippen LogP contribution in [0.15, 0.2) is 102 Å². The molecule has 212 valence electrons. The molecule has 0 aliphatic heterocycles. The molecule has 0 spiro atoms. The fourth-order valence-electron chi connectivity index (χ4n) is 4.52. The first-order valence-corrected chi connectivity index (χ1v) is 13.5. The Labute approximate surface area is 243 Å². The number of aromatic nitrogens is 2. The van der Waals surface area contributed by atoms with Crippen LogP contribution in [-0.4, -0.2) is 33.2 Å². The van der Waals surface area contributed by atoms with E-state index in [2.05, 4.69) is 36.2 Å². The van der Waals surface area contributed by atoms with Crippen molar-refractivity contribution in [2.45, 2.75) is 38.6 Å². The minimum Gasteiger partial charge on any atom is -0.480 e. The lowest BCUT2D eigenvalue weighted by molar-refractivity contribution is -0.139. The molecule has 1 amide bonds. The zero-order valence-corrected chi connectivity index (χ0v) is 23.5. The maximum absolute atomic E-state index is 13.6. The summed E-state index contributed by atoms with van der Waals surface area (Å²) in [5, 5.41) is 16.5. The summed E-state index contributed by atoms with van der Waals surface area (Å²) in [6.07, 6.45) is 0.108. The molecular formula is C34H30FN3O4. The summed E-state index contributed by atoms with van der Waals surface area (Å²) in [5.41, 5.74) is 5.22. The Morgan fingerprint density at radius 3 is 2.12 bits per heavy atom. The lowest BCUT2D eigenvalue weighted by atomic mass is 9.86. The third-order valence-electron chi connectivity index (χ3n) is 6.98. The van der Waals surface area contributed by atoms with Crippen LogP contribution >= 0.6 is 0 Å². The van der Waals surface area contributed by atoms with Gasteiger partial charge >= 0.3 is 5.97 Å². The van der Waals surface area contributed by atoms with Gasteiger partial charge in [0.05, 0.1) is 0 Å². The van der Waals surface area contributed by atoms with E-state index in [1.54, 1.807) is 42.5 Å². The summed E-state index contributed by atoms with van der Waals surface area (Å²) in [7, 11) is 0. The number of nitrogens with one attached hydrogen (secondary N) is 1. The first-order chi connectivity index (χ1) is 20.1. The fraction of sp³-hybridized carbons (Fsp3) is 0.176. The molecule has 8 heteroatoms. The molecule has 0 fully saturated rings. The lowest BCUT2D eigenvalue weighted by Crippen LogP contribution is -2.42. The van der Waals surface area contributed by atoms with E-state index < -0.39 is 17.9 Å². The highest BCUT2D eigenvalue weighted by Gasteiger charge is 2.22. The third-order valence-corrected chi connectivity index (χ3v) is 6.98. The van der Waals surface area contributed by atoms with E-state index in [4.69, 9.17) is 4.52 Å². The molecule has 0 saturated carbocycles. The Balaban J connectivity index is 1.24. The zero-order chi connectivity index (χ0) is 29.9. The van der Waals surface area contributed by atoms with Gasteiger partial charge in [0.15, 0.2) is 0 Å². The molecule has 1 aromatic heterocycles. The molecule has 0 bridgehead atoms. The molecule has 2 N–H and O–H groups in total. The van der Waals surface area contributed by atoms with E-state index >= 15 is 0 Å². The van der Waals surface area contributed by atoms with Gasteiger partial charge in [0.2, 0.25) is 5.82 Å². The van der Waals surface area contributed by atoms with Crippen LogP contribution in [0.3, 0.4) is 0 Å². The van der Waals surface area contributed by atoms with E-state index in [9.17, 15) is 19.1 Å². The van der Waals surface area contributed by atoms with Crippen molar-refractivity contribution >= 4 is 11.9 Å². The molecule has 0 aliphatic rings. The van der Waals surface area contributed by atoms with Gasteiger partial charge in [0.1, 0.15) is 11.9 Å². The Hall–Kier alpha value is -5.11. The van der Waals surface area contributed by atoms with Gasteiger partial charge in [0, 0.05) is 23.1 Å². The SMILES string of the molecule is CC(C)(C)c1ccc(C(=O)N[C@@H](Cc2ccc(-c3noc(-c4ccc(-c5cccc(F)c5)cc4)n3)cc2)C(=O)O)cc1. The van der Waals surface area contributed by atoms with Crippen LogP contribution in [0.25, 0.3) is 34.0 Å². The normalized spacial score (nSPS) is 12.1. The Bertz CT molecular complexity index is 1700. The summed E-state index contributed by atoms with van der Waals surface area (Å²) >= 11 is 0. The smallest absolute Gasteiger partial charge is 0.326 e.